The van der Waals surface area contributed by atoms with Crippen molar-refractivity contribution in [3.63, 3.8) is 0 Å². The molecule has 1 aliphatic rings. The third-order valence-corrected chi connectivity index (χ3v) is 3.90. The minimum absolute atomic E-state index is 0.0442. The molecule has 0 atom stereocenters. The average molecular weight is 275 g/mol. The molecule has 1 fully saturated rings. The zero-order chi connectivity index (χ0) is 14.4. The second kappa shape index (κ2) is 7.27. The molecule has 1 aliphatic carbocycles. The summed E-state index contributed by atoms with van der Waals surface area (Å²) >= 11 is 0. The molecule has 4 heteroatoms. The van der Waals surface area contributed by atoms with E-state index in [1.165, 1.54) is 19.3 Å². The van der Waals surface area contributed by atoms with Crippen molar-refractivity contribution in [1.82, 2.24) is 15.2 Å². The van der Waals surface area contributed by atoms with E-state index in [1.807, 2.05) is 36.9 Å². The Labute approximate surface area is 121 Å². The van der Waals surface area contributed by atoms with Crippen LogP contribution in [-0.4, -0.2) is 28.5 Å². The summed E-state index contributed by atoms with van der Waals surface area (Å²) in [5.74, 6) is 0. The molecular weight excluding hydrogens is 250 g/mol. The normalized spacial score (nSPS) is 15.9. The second-order valence-electron chi connectivity index (χ2n) is 5.57. The average Bonchev–Trinajstić information content (AvgIpc) is 2.46. The second-order valence-corrected chi connectivity index (χ2v) is 5.57. The van der Waals surface area contributed by atoms with Gasteiger partial charge in [0.2, 0.25) is 0 Å². The van der Waals surface area contributed by atoms with Crippen molar-refractivity contribution >= 4 is 6.03 Å². The number of carbonyl (C=O) groups excluding carboxylic acids is 1. The number of aryl methyl sites for hydroxylation is 1. The van der Waals surface area contributed by atoms with Gasteiger partial charge in [-0.25, -0.2) is 4.79 Å². The number of pyridine rings is 1. The molecule has 0 aromatic carbocycles. The standard InChI is InChI=1S/C16H25N3O/c1-3-19(12-15-11-7-8-13(2)17-15)16(20)18-14-9-5-4-6-10-14/h7-8,11,14H,3-6,9-10,12H2,1-2H3,(H,18,20). The largest absolute Gasteiger partial charge is 0.335 e. The molecule has 0 aliphatic heterocycles. The van der Waals surface area contributed by atoms with Gasteiger partial charge in [-0.15, -0.1) is 0 Å². The molecule has 1 saturated carbocycles. The van der Waals surface area contributed by atoms with Crippen LogP contribution in [0.1, 0.15) is 50.4 Å². The first-order chi connectivity index (χ1) is 9.69. The van der Waals surface area contributed by atoms with Gasteiger partial charge >= 0.3 is 6.03 Å². The Kier molecular flexibility index (Phi) is 5.39. The van der Waals surface area contributed by atoms with Gasteiger partial charge < -0.3 is 10.2 Å². The van der Waals surface area contributed by atoms with Crippen molar-refractivity contribution in [3.8, 4) is 0 Å². The van der Waals surface area contributed by atoms with Crippen molar-refractivity contribution < 1.29 is 4.79 Å². The maximum atomic E-state index is 12.3. The van der Waals surface area contributed by atoms with E-state index in [1.54, 1.807) is 0 Å². The Morgan fingerprint density at radius 1 is 1.35 bits per heavy atom. The van der Waals surface area contributed by atoms with Crippen LogP contribution in [0, 0.1) is 6.92 Å². The summed E-state index contributed by atoms with van der Waals surface area (Å²) in [7, 11) is 0. The number of hydrogen-bond donors (Lipinski definition) is 1. The summed E-state index contributed by atoms with van der Waals surface area (Å²) in [6, 6.07) is 6.34. The Bertz CT molecular complexity index is 441. The highest BCUT2D eigenvalue weighted by atomic mass is 16.2. The third kappa shape index (κ3) is 4.22. The van der Waals surface area contributed by atoms with E-state index in [-0.39, 0.29) is 6.03 Å². The van der Waals surface area contributed by atoms with Crippen molar-refractivity contribution in [3.05, 3.63) is 29.6 Å². The Morgan fingerprint density at radius 2 is 2.10 bits per heavy atom. The fourth-order valence-corrected chi connectivity index (χ4v) is 2.72. The molecule has 4 nitrogen and oxygen atoms in total. The van der Waals surface area contributed by atoms with Crippen molar-refractivity contribution in [2.45, 2.75) is 58.5 Å². The molecule has 2 rings (SSSR count). The summed E-state index contributed by atoms with van der Waals surface area (Å²) < 4.78 is 0. The minimum Gasteiger partial charge on any atom is -0.335 e. The smallest absolute Gasteiger partial charge is 0.317 e. The zero-order valence-corrected chi connectivity index (χ0v) is 12.6. The molecule has 0 unspecified atom stereocenters. The molecule has 20 heavy (non-hydrogen) atoms. The van der Waals surface area contributed by atoms with Crippen LogP contribution >= 0.6 is 0 Å². The molecular formula is C16H25N3O. The van der Waals surface area contributed by atoms with E-state index < -0.39 is 0 Å². The summed E-state index contributed by atoms with van der Waals surface area (Å²) in [5.41, 5.74) is 1.94. The van der Waals surface area contributed by atoms with Gasteiger partial charge in [0, 0.05) is 18.3 Å². The van der Waals surface area contributed by atoms with Crippen LogP contribution in [0.4, 0.5) is 4.79 Å². The van der Waals surface area contributed by atoms with Gasteiger partial charge in [0.25, 0.3) is 0 Å². The van der Waals surface area contributed by atoms with Crippen LogP contribution in [0.25, 0.3) is 0 Å². The van der Waals surface area contributed by atoms with Gasteiger partial charge in [-0.05, 0) is 38.8 Å². The quantitative estimate of drug-likeness (QED) is 0.916. The lowest BCUT2D eigenvalue weighted by molar-refractivity contribution is 0.189. The number of urea groups is 1. The lowest BCUT2D eigenvalue weighted by Crippen LogP contribution is -2.45. The number of rotatable bonds is 4. The summed E-state index contributed by atoms with van der Waals surface area (Å²) in [6.45, 7) is 5.27. The van der Waals surface area contributed by atoms with Gasteiger partial charge in [0.15, 0.2) is 0 Å². The molecule has 0 spiro atoms. The zero-order valence-electron chi connectivity index (χ0n) is 12.6. The molecule has 1 heterocycles. The summed E-state index contributed by atoms with van der Waals surface area (Å²) in [6.07, 6.45) is 6.00. The number of amides is 2. The maximum Gasteiger partial charge on any atom is 0.317 e. The molecule has 0 saturated heterocycles. The number of carbonyl (C=O) groups is 1. The van der Waals surface area contributed by atoms with Crippen molar-refractivity contribution in [1.29, 1.82) is 0 Å². The molecule has 0 radical (unpaired) electrons. The van der Waals surface area contributed by atoms with Crippen LogP contribution in [-0.2, 0) is 6.54 Å². The van der Waals surface area contributed by atoms with Crippen LogP contribution in [0.3, 0.4) is 0 Å². The van der Waals surface area contributed by atoms with E-state index >= 15 is 0 Å². The highest BCUT2D eigenvalue weighted by molar-refractivity contribution is 5.74. The van der Waals surface area contributed by atoms with E-state index in [9.17, 15) is 4.79 Å². The SMILES string of the molecule is CCN(Cc1cccc(C)n1)C(=O)NC1CCCCC1. The van der Waals surface area contributed by atoms with E-state index in [0.717, 1.165) is 24.2 Å². The number of hydrogen-bond acceptors (Lipinski definition) is 2. The molecule has 1 aromatic rings. The Morgan fingerprint density at radius 3 is 2.75 bits per heavy atom. The Balaban J connectivity index is 1.91. The van der Waals surface area contributed by atoms with Gasteiger partial charge in [-0.3, -0.25) is 4.98 Å². The van der Waals surface area contributed by atoms with Crippen LogP contribution < -0.4 is 5.32 Å². The first-order valence-corrected chi connectivity index (χ1v) is 7.67. The predicted octanol–water partition coefficient (Wildman–Crippen LogP) is 3.25. The molecule has 0 bridgehead atoms. The fraction of sp³-hybridized carbons (Fsp3) is 0.625. The lowest BCUT2D eigenvalue weighted by Gasteiger charge is -2.27. The summed E-state index contributed by atoms with van der Waals surface area (Å²) in [4.78, 5) is 18.6. The first-order valence-electron chi connectivity index (χ1n) is 7.67. The molecule has 1 N–H and O–H groups in total. The van der Waals surface area contributed by atoms with Crippen molar-refractivity contribution in [2.75, 3.05) is 6.54 Å². The van der Waals surface area contributed by atoms with Gasteiger partial charge in [0.1, 0.15) is 0 Å². The summed E-state index contributed by atoms with van der Waals surface area (Å²) in [5, 5.41) is 3.16. The monoisotopic (exact) mass is 275 g/mol. The maximum absolute atomic E-state index is 12.3. The number of aromatic nitrogens is 1. The van der Waals surface area contributed by atoms with Gasteiger partial charge in [-0.1, -0.05) is 25.3 Å². The van der Waals surface area contributed by atoms with Crippen molar-refractivity contribution in [2.24, 2.45) is 0 Å². The molecule has 1 aromatic heterocycles. The predicted molar refractivity (Wildman–Crippen MR) is 80.5 cm³/mol. The van der Waals surface area contributed by atoms with Crippen LogP contribution in [0.2, 0.25) is 0 Å². The lowest BCUT2D eigenvalue weighted by atomic mass is 9.96. The highest BCUT2D eigenvalue weighted by Crippen LogP contribution is 2.17. The van der Waals surface area contributed by atoms with E-state index in [4.69, 9.17) is 0 Å². The minimum atomic E-state index is 0.0442. The van der Waals surface area contributed by atoms with Crippen LogP contribution in [0.15, 0.2) is 18.2 Å². The topological polar surface area (TPSA) is 45.2 Å². The van der Waals surface area contributed by atoms with E-state index in [0.29, 0.717) is 19.1 Å². The highest BCUT2D eigenvalue weighted by Gasteiger charge is 2.19. The number of nitrogens with zero attached hydrogens (tertiary/aromatic N) is 2. The molecule has 110 valence electrons. The van der Waals surface area contributed by atoms with Crippen LogP contribution in [0.5, 0.6) is 0 Å². The molecule has 2 amide bonds. The number of nitrogens with one attached hydrogen (secondary N) is 1. The third-order valence-electron chi connectivity index (χ3n) is 3.90. The Hall–Kier alpha value is -1.58. The van der Waals surface area contributed by atoms with Gasteiger partial charge in [-0.2, -0.15) is 0 Å². The van der Waals surface area contributed by atoms with Gasteiger partial charge in [0.05, 0.1) is 12.2 Å². The first kappa shape index (κ1) is 14.8. The fourth-order valence-electron chi connectivity index (χ4n) is 2.72. The van der Waals surface area contributed by atoms with E-state index in [2.05, 4.69) is 10.3 Å².